The molecule has 0 aromatic heterocycles. The van der Waals surface area contributed by atoms with Gasteiger partial charge in [0, 0.05) is 0 Å². The SMILES string of the molecule is CC1=CC2(C=C(Br)C1=O)CCC(C(C)(C)O)O2. The van der Waals surface area contributed by atoms with E-state index in [1.54, 1.807) is 20.8 Å². The highest BCUT2D eigenvalue weighted by Gasteiger charge is 2.44. The lowest BCUT2D eigenvalue weighted by Gasteiger charge is -2.31. The Morgan fingerprint density at radius 1 is 1.53 bits per heavy atom. The Morgan fingerprint density at radius 2 is 2.18 bits per heavy atom. The summed E-state index contributed by atoms with van der Waals surface area (Å²) < 4.78 is 6.51. The minimum absolute atomic E-state index is 0.00549. The number of allylic oxidation sites excluding steroid dienone is 2. The average Bonchev–Trinajstić information content (AvgIpc) is 2.58. The van der Waals surface area contributed by atoms with Crippen LogP contribution in [0.5, 0.6) is 0 Å². The molecule has 1 saturated heterocycles. The molecule has 2 atom stereocenters. The fourth-order valence-corrected chi connectivity index (χ4v) is 3.09. The first-order valence-electron chi connectivity index (χ1n) is 5.76. The van der Waals surface area contributed by atoms with Crippen LogP contribution < -0.4 is 0 Å². The number of Topliss-reactive ketones (excluding diaryl/α,β-unsaturated/α-hetero) is 1. The summed E-state index contributed by atoms with van der Waals surface area (Å²) >= 11 is 3.28. The lowest BCUT2D eigenvalue weighted by molar-refractivity contribution is -0.113. The second-order valence-electron chi connectivity index (χ2n) is 5.40. The van der Waals surface area contributed by atoms with E-state index in [4.69, 9.17) is 4.74 Å². The van der Waals surface area contributed by atoms with E-state index in [9.17, 15) is 9.90 Å². The van der Waals surface area contributed by atoms with Gasteiger partial charge in [-0.3, -0.25) is 4.79 Å². The number of halogens is 1. The maximum Gasteiger partial charge on any atom is 0.195 e. The summed E-state index contributed by atoms with van der Waals surface area (Å²) in [5.74, 6) is 0.00549. The van der Waals surface area contributed by atoms with Crippen molar-refractivity contribution in [2.24, 2.45) is 0 Å². The van der Waals surface area contributed by atoms with Gasteiger partial charge >= 0.3 is 0 Å². The molecule has 3 nitrogen and oxygen atoms in total. The molecule has 0 amide bonds. The van der Waals surface area contributed by atoms with Gasteiger partial charge in [-0.05, 0) is 67.3 Å². The Hall–Kier alpha value is -0.450. The fourth-order valence-electron chi connectivity index (χ4n) is 2.39. The van der Waals surface area contributed by atoms with Gasteiger partial charge in [-0.2, -0.15) is 0 Å². The lowest BCUT2D eigenvalue weighted by Crippen LogP contribution is -2.38. The predicted octanol–water partition coefficient (Wildman–Crippen LogP) is 2.48. The van der Waals surface area contributed by atoms with E-state index in [2.05, 4.69) is 15.9 Å². The summed E-state index contributed by atoms with van der Waals surface area (Å²) in [7, 11) is 0. The number of carbonyl (C=O) groups excluding carboxylic acids is 1. The molecule has 1 aliphatic carbocycles. The van der Waals surface area contributed by atoms with E-state index >= 15 is 0 Å². The van der Waals surface area contributed by atoms with Crippen LogP contribution in [-0.4, -0.2) is 28.2 Å². The van der Waals surface area contributed by atoms with Crippen LogP contribution in [0.25, 0.3) is 0 Å². The molecule has 2 rings (SSSR count). The molecule has 0 aromatic rings. The maximum atomic E-state index is 11.7. The molecule has 1 N–H and O–H groups in total. The standard InChI is InChI=1S/C13H17BrO3/c1-8-6-13(7-9(14)11(8)15)5-4-10(17-13)12(2,3)16/h6-7,10,16H,4-5H2,1-3H3. The predicted molar refractivity (Wildman–Crippen MR) is 68.9 cm³/mol. The Labute approximate surface area is 110 Å². The minimum atomic E-state index is -0.854. The quantitative estimate of drug-likeness (QED) is 0.809. The van der Waals surface area contributed by atoms with Crippen molar-refractivity contribution in [2.45, 2.75) is 50.9 Å². The average molecular weight is 301 g/mol. The number of rotatable bonds is 1. The first-order chi connectivity index (χ1) is 7.73. The summed E-state index contributed by atoms with van der Waals surface area (Å²) in [6.07, 6.45) is 5.07. The molecule has 0 bridgehead atoms. The zero-order valence-corrected chi connectivity index (χ0v) is 11.9. The number of hydrogen-bond donors (Lipinski definition) is 1. The summed E-state index contributed by atoms with van der Waals surface area (Å²) in [4.78, 5) is 11.7. The van der Waals surface area contributed by atoms with E-state index < -0.39 is 11.2 Å². The van der Waals surface area contributed by atoms with Gasteiger partial charge in [0.05, 0.1) is 16.2 Å². The second-order valence-corrected chi connectivity index (χ2v) is 6.26. The smallest absolute Gasteiger partial charge is 0.195 e. The van der Waals surface area contributed by atoms with Crippen molar-refractivity contribution >= 4 is 21.7 Å². The van der Waals surface area contributed by atoms with Crippen LogP contribution in [-0.2, 0) is 9.53 Å². The topological polar surface area (TPSA) is 46.5 Å². The Morgan fingerprint density at radius 3 is 2.65 bits per heavy atom. The van der Waals surface area contributed by atoms with Crippen LogP contribution in [0, 0.1) is 0 Å². The van der Waals surface area contributed by atoms with Crippen LogP contribution in [0.2, 0.25) is 0 Å². The third kappa shape index (κ3) is 2.39. The molecule has 2 aliphatic rings. The van der Waals surface area contributed by atoms with Gasteiger partial charge in [-0.1, -0.05) is 0 Å². The monoisotopic (exact) mass is 300 g/mol. The molecular formula is C13H17BrO3. The highest BCUT2D eigenvalue weighted by atomic mass is 79.9. The van der Waals surface area contributed by atoms with Gasteiger partial charge in [0.15, 0.2) is 5.78 Å². The van der Waals surface area contributed by atoms with Crippen molar-refractivity contribution in [3.05, 3.63) is 22.2 Å². The van der Waals surface area contributed by atoms with Crippen molar-refractivity contribution in [3.63, 3.8) is 0 Å². The number of carbonyl (C=O) groups is 1. The van der Waals surface area contributed by atoms with Crippen LogP contribution in [0.15, 0.2) is 22.2 Å². The lowest BCUT2D eigenvalue weighted by atomic mass is 9.90. The molecule has 0 aromatic carbocycles. The largest absolute Gasteiger partial charge is 0.388 e. The van der Waals surface area contributed by atoms with Crippen LogP contribution >= 0.6 is 15.9 Å². The minimum Gasteiger partial charge on any atom is -0.388 e. The van der Waals surface area contributed by atoms with E-state index in [0.717, 1.165) is 12.8 Å². The molecular weight excluding hydrogens is 284 g/mol. The Bertz CT molecular complexity index is 393. The van der Waals surface area contributed by atoms with Gasteiger partial charge in [0.2, 0.25) is 0 Å². The first-order valence-corrected chi connectivity index (χ1v) is 6.55. The first kappa shape index (κ1) is 13.0. The molecule has 1 aliphatic heterocycles. The van der Waals surface area contributed by atoms with E-state index in [-0.39, 0.29) is 11.9 Å². The normalized spacial score (nSPS) is 33.9. The van der Waals surface area contributed by atoms with Gasteiger partial charge in [0.25, 0.3) is 0 Å². The van der Waals surface area contributed by atoms with Crippen molar-refractivity contribution in [2.75, 3.05) is 0 Å². The molecule has 1 heterocycles. The highest BCUT2D eigenvalue weighted by Crippen LogP contribution is 2.41. The highest BCUT2D eigenvalue weighted by molar-refractivity contribution is 9.12. The van der Waals surface area contributed by atoms with Crippen molar-refractivity contribution in [1.82, 2.24) is 0 Å². The third-order valence-corrected chi connectivity index (χ3v) is 3.94. The molecule has 4 heteroatoms. The fraction of sp³-hybridized carbons (Fsp3) is 0.615. The molecule has 0 saturated carbocycles. The number of ketones is 1. The van der Waals surface area contributed by atoms with Gasteiger partial charge < -0.3 is 9.84 Å². The van der Waals surface area contributed by atoms with Gasteiger partial charge in [-0.25, -0.2) is 0 Å². The zero-order chi connectivity index (χ0) is 12.8. The molecule has 0 radical (unpaired) electrons. The van der Waals surface area contributed by atoms with Crippen molar-refractivity contribution < 1.29 is 14.6 Å². The molecule has 17 heavy (non-hydrogen) atoms. The summed E-state index contributed by atoms with van der Waals surface area (Å²) in [5, 5.41) is 9.97. The number of aliphatic hydroxyl groups is 1. The zero-order valence-electron chi connectivity index (χ0n) is 10.3. The van der Waals surface area contributed by atoms with Crippen LogP contribution in [0.3, 0.4) is 0 Å². The number of hydrogen-bond acceptors (Lipinski definition) is 3. The van der Waals surface area contributed by atoms with E-state index in [1.165, 1.54) is 0 Å². The Balaban J connectivity index is 2.27. The van der Waals surface area contributed by atoms with Crippen molar-refractivity contribution in [1.29, 1.82) is 0 Å². The van der Waals surface area contributed by atoms with Crippen molar-refractivity contribution in [3.8, 4) is 0 Å². The Kier molecular flexibility index (Phi) is 3.09. The second kappa shape index (κ2) is 4.04. The maximum absolute atomic E-state index is 11.7. The van der Waals surface area contributed by atoms with Crippen LogP contribution in [0.4, 0.5) is 0 Å². The summed E-state index contributed by atoms with van der Waals surface area (Å²) in [6.45, 7) is 5.29. The third-order valence-electron chi connectivity index (χ3n) is 3.35. The number of ether oxygens (including phenoxy) is 1. The molecule has 94 valence electrons. The van der Waals surface area contributed by atoms with E-state index in [0.29, 0.717) is 10.1 Å². The molecule has 1 spiro atoms. The molecule has 2 unspecified atom stereocenters. The molecule has 1 fully saturated rings. The van der Waals surface area contributed by atoms with Gasteiger partial charge in [-0.15, -0.1) is 0 Å². The van der Waals surface area contributed by atoms with E-state index in [1.807, 2.05) is 12.2 Å². The summed E-state index contributed by atoms with van der Waals surface area (Å²) in [6, 6.07) is 0. The van der Waals surface area contributed by atoms with Crippen LogP contribution in [0.1, 0.15) is 33.6 Å². The summed E-state index contributed by atoms with van der Waals surface area (Å²) in [5.41, 5.74) is -0.690. The van der Waals surface area contributed by atoms with Gasteiger partial charge in [0.1, 0.15) is 5.60 Å².